The van der Waals surface area contributed by atoms with E-state index in [1.807, 2.05) is 0 Å². The Kier molecular flexibility index (Phi) is 39.8. The van der Waals surface area contributed by atoms with Crippen molar-refractivity contribution in [3.8, 4) is 0 Å². The molecule has 0 N–H and O–H groups in total. The van der Waals surface area contributed by atoms with Crippen LogP contribution in [0.5, 0.6) is 0 Å². The molecular weight excluding hydrogens is 673 g/mol. The second-order valence-electron chi connectivity index (χ2n) is 17.1. The highest BCUT2D eigenvalue weighted by atomic mass is 16.6. The molecule has 320 valence electrons. The molecule has 2 atom stereocenters. The van der Waals surface area contributed by atoms with Crippen molar-refractivity contribution in [1.82, 2.24) is 0 Å². The quantitative estimate of drug-likeness (QED) is 0.0350. The van der Waals surface area contributed by atoms with Crippen LogP contribution in [0.25, 0.3) is 0 Å². The largest absolute Gasteiger partial charge is 0.462 e. The summed E-state index contributed by atoms with van der Waals surface area (Å²) in [5.74, 6) is 0.797. The van der Waals surface area contributed by atoms with Crippen LogP contribution >= 0.6 is 0 Å². The Balaban J connectivity index is 4.35. The van der Waals surface area contributed by atoms with Crippen LogP contribution in [0.4, 0.5) is 0 Å². The van der Waals surface area contributed by atoms with Crippen LogP contribution in [0.1, 0.15) is 259 Å². The summed E-state index contributed by atoms with van der Waals surface area (Å²) >= 11 is 0. The number of unbranched alkanes of at least 4 members (excludes halogenated alkanes) is 26. The van der Waals surface area contributed by atoms with E-state index >= 15 is 0 Å². The first-order valence-electron chi connectivity index (χ1n) is 23.8. The van der Waals surface area contributed by atoms with Gasteiger partial charge in [-0.1, -0.05) is 221 Å². The van der Waals surface area contributed by atoms with Gasteiger partial charge in [0.05, 0.1) is 0 Å². The molecule has 0 saturated carbocycles. The van der Waals surface area contributed by atoms with Crippen molar-refractivity contribution < 1.29 is 28.6 Å². The predicted molar refractivity (Wildman–Crippen MR) is 229 cm³/mol. The number of hydrogen-bond donors (Lipinski definition) is 0. The fraction of sp³-hybridized carbons (Fsp3) is 0.938. The Bertz CT molecular complexity index is 826. The maximum Gasteiger partial charge on any atom is 0.306 e. The molecule has 6 nitrogen and oxygen atoms in total. The zero-order chi connectivity index (χ0) is 39.7. The molecule has 0 amide bonds. The van der Waals surface area contributed by atoms with E-state index < -0.39 is 6.10 Å². The molecule has 0 radical (unpaired) electrons. The Morgan fingerprint density at radius 2 is 0.704 bits per heavy atom. The lowest BCUT2D eigenvalue weighted by Gasteiger charge is -2.18. The van der Waals surface area contributed by atoms with Gasteiger partial charge in [0.1, 0.15) is 13.2 Å². The van der Waals surface area contributed by atoms with Crippen LogP contribution in [0.15, 0.2) is 0 Å². The van der Waals surface area contributed by atoms with Crippen molar-refractivity contribution in [2.75, 3.05) is 13.2 Å². The molecule has 0 heterocycles. The van der Waals surface area contributed by atoms with Crippen molar-refractivity contribution in [2.24, 2.45) is 11.8 Å². The minimum atomic E-state index is -0.761. The summed E-state index contributed by atoms with van der Waals surface area (Å²) < 4.78 is 16.7. The molecule has 0 saturated heterocycles. The smallest absolute Gasteiger partial charge is 0.306 e. The molecule has 0 aliphatic heterocycles. The zero-order valence-electron chi connectivity index (χ0n) is 36.8. The van der Waals surface area contributed by atoms with E-state index in [1.165, 1.54) is 148 Å². The van der Waals surface area contributed by atoms with E-state index in [2.05, 4.69) is 34.6 Å². The second kappa shape index (κ2) is 41.1. The average Bonchev–Trinajstić information content (AvgIpc) is 3.15. The first-order valence-corrected chi connectivity index (χ1v) is 23.8. The second-order valence-corrected chi connectivity index (χ2v) is 17.1. The highest BCUT2D eigenvalue weighted by Gasteiger charge is 2.19. The summed E-state index contributed by atoms with van der Waals surface area (Å²) in [4.78, 5) is 37.8. The van der Waals surface area contributed by atoms with Gasteiger partial charge in [0.15, 0.2) is 6.10 Å². The van der Waals surface area contributed by atoms with Gasteiger partial charge in [0.2, 0.25) is 0 Å². The number of carbonyl (C=O) groups is 3. The van der Waals surface area contributed by atoms with Crippen LogP contribution in [0, 0.1) is 11.8 Å². The first-order chi connectivity index (χ1) is 26.3. The monoisotopic (exact) mass is 765 g/mol. The third-order valence-electron chi connectivity index (χ3n) is 11.1. The summed E-state index contributed by atoms with van der Waals surface area (Å²) in [6.07, 6.45) is 39.4. The SMILES string of the molecule is CCCCCCCCCCCCCCC(=O)OC[C@@H](COC(=O)CCCCCCCCCCCC(C)C)OC(=O)CCCCCCCCCCC(C)CC. The molecule has 0 aromatic rings. The van der Waals surface area contributed by atoms with Gasteiger partial charge in [-0.15, -0.1) is 0 Å². The van der Waals surface area contributed by atoms with Gasteiger partial charge in [0.25, 0.3) is 0 Å². The van der Waals surface area contributed by atoms with E-state index in [-0.39, 0.29) is 31.1 Å². The van der Waals surface area contributed by atoms with E-state index in [0.29, 0.717) is 19.3 Å². The molecule has 54 heavy (non-hydrogen) atoms. The molecule has 0 rings (SSSR count). The zero-order valence-corrected chi connectivity index (χ0v) is 36.8. The van der Waals surface area contributed by atoms with E-state index in [1.54, 1.807) is 0 Å². The Morgan fingerprint density at radius 1 is 0.389 bits per heavy atom. The van der Waals surface area contributed by atoms with Crippen LogP contribution in [-0.2, 0) is 28.6 Å². The Hall–Kier alpha value is -1.59. The topological polar surface area (TPSA) is 78.9 Å². The Labute approximate surface area is 336 Å². The molecule has 1 unspecified atom stereocenters. The van der Waals surface area contributed by atoms with Gasteiger partial charge in [-0.05, 0) is 31.1 Å². The van der Waals surface area contributed by atoms with Gasteiger partial charge in [-0.3, -0.25) is 14.4 Å². The molecule has 0 aromatic carbocycles. The van der Waals surface area contributed by atoms with Gasteiger partial charge >= 0.3 is 17.9 Å². The highest BCUT2D eigenvalue weighted by Crippen LogP contribution is 2.17. The number of carbonyl (C=O) groups excluding carboxylic acids is 3. The van der Waals surface area contributed by atoms with Crippen molar-refractivity contribution in [3.63, 3.8) is 0 Å². The molecule has 0 aromatic heterocycles. The highest BCUT2D eigenvalue weighted by molar-refractivity contribution is 5.71. The number of ether oxygens (including phenoxy) is 3. The summed E-state index contributed by atoms with van der Waals surface area (Å²) in [7, 11) is 0. The number of hydrogen-bond acceptors (Lipinski definition) is 6. The molecular formula is C48H92O6. The van der Waals surface area contributed by atoms with Crippen molar-refractivity contribution >= 4 is 17.9 Å². The summed E-state index contributed by atoms with van der Waals surface area (Å²) in [6.45, 7) is 11.3. The van der Waals surface area contributed by atoms with E-state index in [0.717, 1.165) is 69.6 Å². The lowest BCUT2D eigenvalue weighted by molar-refractivity contribution is -0.167. The molecule has 6 heteroatoms. The molecule has 0 fully saturated rings. The van der Waals surface area contributed by atoms with Crippen molar-refractivity contribution in [3.05, 3.63) is 0 Å². The van der Waals surface area contributed by atoms with Crippen LogP contribution < -0.4 is 0 Å². The van der Waals surface area contributed by atoms with Gasteiger partial charge in [0, 0.05) is 19.3 Å². The summed E-state index contributed by atoms with van der Waals surface area (Å²) in [5, 5.41) is 0. The lowest BCUT2D eigenvalue weighted by atomic mass is 9.99. The normalized spacial score (nSPS) is 12.6. The third kappa shape index (κ3) is 40.1. The number of esters is 3. The maximum absolute atomic E-state index is 12.7. The van der Waals surface area contributed by atoms with Gasteiger partial charge < -0.3 is 14.2 Å². The maximum atomic E-state index is 12.7. The summed E-state index contributed by atoms with van der Waals surface area (Å²) in [6, 6.07) is 0. The number of rotatable bonds is 42. The first kappa shape index (κ1) is 52.4. The summed E-state index contributed by atoms with van der Waals surface area (Å²) in [5.41, 5.74) is 0. The third-order valence-corrected chi connectivity index (χ3v) is 11.1. The van der Waals surface area contributed by atoms with Crippen LogP contribution in [0.2, 0.25) is 0 Å². The van der Waals surface area contributed by atoms with E-state index in [4.69, 9.17) is 14.2 Å². The molecule has 0 spiro atoms. The lowest BCUT2D eigenvalue weighted by Crippen LogP contribution is -2.30. The predicted octanol–water partition coefficient (Wildman–Crippen LogP) is 15.0. The van der Waals surface area contributed by atoms with Crippen LogP contribution in [-0.4, -0.2) is 37.2 Å². The molecule has 0 aliphatic carbocycles. The van der Waals surface area contributed by atoms with Crippen molar-refractivity contribution in [2.45, 2.75) is 265 Å². The molecule has 0 bridgehead atoms. The minimum absolute atomic E-state index is 0.0649. The fourth-order valence-corrected chi connectivity index (χ4v) is 7.07. The minimum Gasteiger partial charge on any atom is -0.462 e. The van der Waals surface area contributed by atoms with E-state index in [9.17, 15) is 14.4 Å². The Morgan fingerprint density at radius 3 is 1.06 bits per heavy atom. The van der Waals surface area contributed by atoms with Crippen molar-refractivity contribution in [1.29, 1.82) is 0 Å². The average molecular weight is 765 g/mol. The fourth-order valence-electron chi connectivity index (χ4n) is 7.07. The van der Waals surface area contributed by atoms with Gasteiger partial charge in [-0.2, -0.15) is 0 Å². The van der Waals surface area contributed by atoms with Gasteiger partial charge in [-0.25, -0.2) is 0 Å². The molecule has 0 aliphatic rings. The standard InChI is InChI=1S/C48H92O6/c1-6-8-9-10-11-12-13-14-17-23-28-33-38-46(49)52-41-45(54-48(51)40-35-30-25-20-19-22-27-32-37-44(5)7-2)42-53-47(50)39-34-29-24-18-15-16-21-26-31-36-43(3)4/h43-45H,6-42H2,1-5H3/t44?,45-/m0/s1. The van der Waals surface area contributed by atoms with Crippen LogP contribution in [0.3, 0.4) is 0 Å².